The molecule has 2 unspecified atom stereocenters. The standard InChI is InChI=1S/C23H27ClN2O2/c1-3-28-20-14-18(27-2)12-13-19(20)23-25-21(15-6-4-5-7-15)22(26-23)16-8-10-17(24)11-9-16/h8-15,21-22H,3-7H2,1-2H3,(H,25,26). The zero-order chi connectivity index (χ0) is 19.5. The molecule has 1 aliphatic heterocycles. The fourth-order valence-corrected chi connectivity index (χ4v) is 4.49. The van der Waals surface area contributed by atoms with Crippen molar-refractivity contribution >= 4 is 17.4 Å². The molecule has 4 rings (SSSR count). The van der Waals surface area contributed by atoms with Crippen molar-refractivity contribution in [1.82, 2.24) is 5.32 Å². The zero-order valence-corrected chi connectivity index (χ0v) is 17.2. The number of ether oxygens (including phenoxy) is 2. The van der Waals surface area contributed by atoms with Gasteiger partial charge in [-0.15, -0.1) is 0 Å². The van der Waals surface area contributed by atoms with Crippen LogP contribution in [0.4, 0.5) is 0 Å². The molecule has 0 amide bonds. The lowest BCUT2D eigenvalue weighted by molar-refractivity contribution is 0.335. The summed E-state index contributed by atoms with van der Waals surface area (Å²) in [5.41, 5.74) is 2.22. The lowest BCUT2D eigenvalue weighted by Gasteiger charge is -2.24. The van der Waals surface area contributed by atoms with Gasteiger partial charge in [0.1, 0.15) is 17.3 Å². The van der Waals surface area contributed by atoms with Crippen LogP contribution in [0.15, 0.2) is 47.5 Å². The Morgan fingerprint density at radius 3 is 2.54 bits per heavy atom. The van der Waals surface area contributed by atoms with Crippen LogP contribution < -0.4 is 14.8 Å². The van der Waals surface area contributed by atoms with Crippen molar-refractivity contribution in [2.75, 3.05) is 13.7 Å². The van der Waals surface area contributed by atoms with Crippen LogP contribution in [0.1, 0.15) is 49.8 Å². The number of rotatable bonds is 6. The zero-order valence-electron chi connectivity index (χ0n) is 16.5. The van der Waals surface area contributed by atoms with E-state index in [-0.39, 0.29) is 12.1 Å². The second-order valence-electron chi connectivity index (χ2n) is 7.48. The molecule has 2 aromatic carbocycles. The Morgan fingerprint density at radius 2 is 1.86 bits per heavy atom. The van der Waals surface area contributed by atoms with Gasteiger partial charge in [-0.1, -0.05) is 36.6 Å². The van der Waals surface area contributed by atoms with E-state index in [1.54, 1.807) is 7.11 Å². The van der Waals surface area contributed by atoms with Gasteiger partial charge < -0.3 is 14.8 Å². The molecule has 5 heteroatoms. The Bertz CT molecular complexity index is 844. The molecule has 2 atom stereocenters. The molecule has 1 saturated carbocycles. The minimum Gasteiger partial charge on any atom is -0.497 e. The Labute approximate surface area is 171 Å². The first-order chi connectivity index (χ1) is 13.7. The highest BCUT2D eigenvalue weighted by atomic mass is 35.5. The van der Waals surface area contributed by atoms with E-state index in [2.05, 4.69) is 17.4 Å². The third-order valence-electron chi connectivity index (χ3n) is 5.77. The predicted molar refractivity (Wildman–Crippen MR) is 114 cm³/mol. The van der Waals surface area contributed by atoms with Crippen LogP contribution in [0.3, 0.4) is 0 Å². The van der Waals surface area contributed by atoms with Gasteiger partial charge in [0.2, 0.25) is 0 Å². The molecule has 0 saturated heterocycles. The molecule has 0 radical (unpaired) electrons. The average Bonchev–Trinajstić information content (AvgIpc) is 3.38. The first-order valence-corrected chi connectivity index (χ1v) is 10.5. The maximum Gasteiger partial charge on any atom is 0.133 e. The Hall–Kier alpha value is -2.20. The maximum atomic E-state index is 6.11. The third kappa shape index (κ3) is 3.83. The number of benzene rings is 2. The van der Waals surface area contributed by atoms with Crippen LogP contribution in [-0.2, 0) is 0 Å². The molecule has 2 aromatic rings. The highest BCUT2D eigenvalue weighted by Gasteiger charge is 2.38. The highest BCUT2D eigenvalue weighted by Crippen LogP contribution is 2.39. The largest absolute Gasteiger partial charge is 0.497 e. The summed E-state index contributed by atoms with van der Waals surface area (Å²) >= 11 is 6.11. The summed E-state index contributed by atoms with van der Waals surface area (Å²) in [4.78, 5) is 5.17. The molecular formula is C23H27ClN2O2. The minimum atomic E-state index is 0.159. The van der Waals surface area contributed by atoms with E-state index in [4.69, 9.17) is 26.1 Å². The molecule has 1 aliphatic carbocycles. The Morgan fingerprint density at radius 1 is 1.11 bits per heavy atom. The summed E-state index contributed by atoms with van der Waals surface area (Å²) in [6, 6.07) is 14.5. The Kier molecular flexibility index (Phi) is 5.77. The van der Waals surface area contributed by atoms with Gasteiger partial charge in [0.25, 0.3) is 0 Å². The van der Waals surface area contributed by atoms with E-state index >= 15 is 0 Å². The number of nitrogens with one attached hydrogen (secondary N) is 1. The predicted octanol–water partition coefficient (Wildman–Crippen LogP) is 5.40. The number of aliphatic imine (C=N–C) groups is 1. The van der Waals surface area contributed by atoms with Crippen LogP contribution in [0.25, 0.3) is 0 Å². The molecular weight excluding hydrogens is 372 g/mol. The maximum absolute atomic E-state index is 6.11. The van der Waals surface area contributed by atoms with Gasteiger partial charge in [-0.25, -0.2) is 0 Å². The topological polar surface area (TPSA) is 42.9 Å². The Balaban J connectivity index is 1.69. The van der Waals surface area contributed by atoms with E-state index < -0.39 is 0 Å². The van der Waals surface area contributed by atoms with Gasteiger partial charge in [-0.05, 0) is 55.5 Å². The highest BCUT2D eigenvalue weighted by molar-refractivity contribution is 6.30. The molecule has 1 N–H and O–H groups in total. The van der Waals surface area contributed by atoms with Crippen LogP contribution in [-0.4, -0.2) is 25.6 Å². The molecule has 2 aliphatic rings. The summed E-state index contributed by atoms with van der Waals surface area (Å²) in [5, 5.41) is 4.45. The van der Waals surface area contributed by atoms with Gasteiger partial charge in [0, 0.05) is 11.1 Å². The quantitative estimate of drug-likeness (QED) is 0.708. The molecule has 0 aromatic heterocycles. The van der Waals surface area contributed by atoms with Crippen LogP contribution in [0, 0.1) is 5.92 Å². The van der Waals surface area contributed by atoms with Gasteiger partial charge >= 0.3 is 0 Å². The van der Waals surface area contributed by atoms with Crippen molar-refractivity contribution in [3.63, 3.8) is 0 Å². The van der Waals surface area contributed by atoms with Crippen molar-refractivity contribution in [2.24, 2.45) is 10.9 Å². The fourth-order valence-electron chi connectivity index (χ4n) is 4.37. The molecule has 148 valence electrons. The normalized spacial score (nSPS) is 22.0. The lowest BCUT2D eigenvalue weighted by Crippen LogP contribution is -2.30. The van der Waals surface area contributed by atoms with Gasteiger partial charge in [0.15, 0.2) is 0 Å². The van der Waals surface area contributed by atoms with Gasteiger partial charge in [-0.3, -0.25) is 4.99 Å². The third-order valence-corrected chi connectivity index (χ3v) is 6.02. The molecule has 4 nitrogen and oxygen atoms in total. The minimum absolute atomic E-state index is 0.159. The van der Waals surface area contributed by atoms with Gasteiger partial charge in [0.05, 0.1) is 31.4 Å². The van der Waals surface area contributed by atoms with Crippen molar-refractivity contribution in [2.45, 2.75) is 44.7 Å². The summed E-state index contributed by atoms with van der Waals surface area (Å²) in [7, 11) is 1.67. The van der Waals surface area contributed by atoms with Crippen molar-refractivity contribution in [1.29, 1.82) is 0 Å². The lowest BCUT2D eigenvalue weighted by atomic mass is 9.89. The molecule has 0 spiro atoms. The molecule has 28 heavy (non-hydrogen) atoms. The molecule has 1 fully saturated rings. The van der Waals surface area contributed by atoms with Crippen LogP contribution in [0.2, 0.25) is 5.02 Å². The summed E-state index contributed by atoms with van der Waals surface area (Å²) in [6.45, 7) is 2.59. The van der Waals surface area contributed by atoms with E-state index in [9.17, 15) is 0 Å². The van der Waals surface area contributed by atoms with Crippen molar-refractivity contribution in [3.05, 3.63) is 58.6 Å². The van der Waals surface area contributed by atoms with Crippen LogP contribution in [0.5, 0.6) is 11.5 Å². The number of halogens is 1. The van der Waals surface area contributed by atoms with Crippen molar-refractivity contribution < 1.29 is 9.47 Å². The number of nitrogens with zero attached hydrogens (tertiary/aromatic N) is 1. The average molecular weight is 399 g/mol. The first kappa shape index (κ1) is 19.1. The van der Waals surface area contributed by atoms with Crippen molar-refractivity contribution in [3.8, 4) is 11.5 Å². The monoisotopic (exact) mass is 398 g/mol. The first-order valence-electron chi connectivity index (χ1n) is 10.1. The second kappa shape index (κ2) is 8.44. The number of hydrogen-bond acceptors (Lipinski definition) is 4. The SMILES string of the molecule is CCOc1cc(OC)ccc1C1=NC(C2CCCC2)C(c2ccc(Cl)cc2)N1. The van der Waals surface area contributed by atoms with E-state index in [0.29, 0.717) is 12.5 Å². The van der Waals surface area contributed by atoms with E-state index in [0.717, 1.165) is 27.9 Å². The molecule has 1 heterocycles. The fraction of sp³-hybridized carbons (Fsp3) is 0.435. The van der Waals surface area contributed by atoms with E-state index in [1.807, 2.05) is 37.3 Å². The summed E-state index contributed by atoms with van der Waals surface area (Å²) in [5.74, 6) is 3.10. The second-order valence-corrected chi connectivity index (χ2v) is 7.92. The summed E-state index contributed by atoms with van der Waals surface area (Å²) < 4.78 is 11.3. The number of hydrogen-bond donors (Lipinski definition) is 1. The smallest absolute Gasteiger partial charge is 0.133 e. The van der Waals surface area contributed by atoms with Crippen LogP contribution >= 0.6 is 11.6 Å². The number of methoxy groups -OCH3 is 1. The molecule has 0 bridgehead atoms. The summed E-state index contributed by atoms with van der Waals surface area (Å²) in [6.07, 6.45) is 5.08. The number of amidine groups is 1. The van der Waals surface area contributed by atoms with Gasteiger partial charge in [-0.2, -0.15) is 0 Å². The van der Waals surface area contributed by atoms with E-state index in [1.165, 1.54) is 31.2 Å².